The first-order chi connectivity index (χ1) is 11.9. The van der Waals surface area contributed by atoms with Gasteiger partial charge in [-0.1, -0.05) is 24.8 Å². The van der Waals surface area contributed by atoms with Gasteiger partial charge in [-0.2, -0.15) is 0 Å². The van der Waals surface area contributed by atoms with E-state index in [-0.39, 0.29) is 11.4 Å². The van der Waals surface area contributed by atoms with E-state index in [1.54, 1.807) is 23.9 Å². The molecule has 132 valence electrons. The van der Waals surface area contributed by atoms with Crippen LogP contribution in [0.1, 0.15) is 12.5 Å². The normalized spacial score (nSPS) is 12.0. The molecule has 25 heavy (non-hydrogen) atoms. The maximum Gasteiger partial charge on any atom is 0.240 e. The van der Waals surface area contributed by atoms with Crippen molar-refractivity contribution >= 4 is 43.3 Å². The summed E-state index contributed by atoms with van der Waals surface area (Å²) >= 11 is 3.04. The number of nitrogens with zero attached hydrogens (tertiary/aromatic N) is 1. The molecular formula is C16H14F2N2O2S3. The van der Waals surface area contributed by atoms with Crippen molar-refractivity contribution in [2.45, 2.75) is 22.7 Å². The predicted octanol–water partition coefficient (Wildman–Crippen LogP) is 4.17. The molecule has 0 radical (unpaired) electrons. The fourth-order valence-electron chi connectivity index (χ4n) is 2.15. The first-order valence-corrected chi connectivity index (χ1v) is 10.6. The van der Waals surface area contributed by atoms with Gasteiger partial charge in [0, 0.05) is 6.54 Å². The van der Waals surface area contributed by atoms with Gasteiger partial charge in [0.05, 0.1) is 15.1 Å². The monoisotopic (exact) mass is 400 g/mol. The second-order valence-corrected chi connectivity index (χ2v) is 9.42. The summed E-state index contributed by atoms with van der Waals surface area (Å²) in [6.07, 6.45) is 0. The van der Waals surface area contributed by atoms with Crippen molar-refractivity contribution in [3.8, 4) is 0 Å². The fraction of sp³-hybridized carbons (Fsp3) is 0.188. The molecule has 2 aromatic carbocycles. The molecule has 0 aliphatic carbocycles. The van der Waals surface area contributed by atoms with Crippen molar-refractivity contribution in [2.75, 3.05) is 5.75 Å². The molecule has 0 atom stereocenters. The molecule has 0 unspecified atom stereocenters. The molecule has 0 fully saturated rings. The smallest absolute Gasteiger partial charge is 0.230 e. The van der Waals surface area contributed by atoms with Crippen LogP contribution in [0, 0.1) is 11.6 Å². The molecule has 0 saturated carbocycles. The number of hydrogen-bond acceptors (Lipinski definition) is 5. The van der Waals surface area contributed by atoms with Crippen LogP contribution >= 0.6 is 23.1 Å². The van der Waals surface area contributed by atoms with Gasteiger partial charge in [-0.05, 0) is 41.6 Å². The Labute approximate surface area is 152 Å². The van der Waals surface area contributed by atoms with Crippen LogP contribution in [-0.4, -0.2) is 19.2 Å². The molecule has 0 bridgehead atoms. The lowest BCUT2D eigenvalue weighted by Gasteiger charge is -2.07. The van der Waals surface area contributed by atoms with E-state index < -0.39 is 21.7 Å². The quantitative estimate of drug-likeness (QED) is 0.631. The highest BCUT2D eigenvalue weighted by atomic mass is 32.2. The number of aromatic nitrogens is 1. The summed E-state index contributed by atoms with van der Waals surface area (Å²) in [5.74, 6) is -1.09. The zero-order valence-corrected chi connectivity index (χ0v) is 15.6. The molecule has 3 rings (SSSR count). The molecule has 1 aromatic heterocycles. The Morgan fingerprint density at radius 3 is 2.68 bits per heavy atom. The Bertz CT molecular complexity index is 1020. The molecule has 0 spiro atoms. The number of thiazole rings is 1. The van der Waals surface area contributed by atoms with Gasteiger partial charge in [-0.25, -0.2) is 26.9 Å². The van der Waals surface area contributed by atoms with E-state index in [0.29, 0.717) is 5.56 Å². The largest absolute Gasteiger partial charge is 0.240 e. The van der Waals surface area contributed by atoms with Gasteiger partial charge in [0.25, 0.3) is 0 Å². The molecule has 9 heteroatoms. The number of benzene rings is 2. The van der Waals surface area contributed by atoms with Gasteiger partial charge in [0.15, 0.2) is 16.0 Å². The van der Waals surface area contributed by atoms with Crippen molar-refractivity contribution in [2.24, 2.45) is 0 Å². The van der Waals surface area contributed by atoms with Crippen LogP contribution in [0.5, 0.6) is 0 Å². The minimum Gasteiger partial charge on any atom is -0.230 e. The number of thioether (sulfide) groups is 1. The molecule has 1 heterocycles. The van der Waals surface area contributed by atoms with E-state index in [4.69, 9.17) is 0 Å². The lowest BCUT2D eigenvalue weighted by atomic mass is 10.2. The maximum absolute atomic E-state index is 13.2. The standard InChI is InChI=1S/C16H14F2N2O2S3/c1-2-23-16-20-14-6-4-11(8-15(14)24-16)25(21,22)19-9-10-3-5-12(17)13(18)7-10/h3-8,19H,2,9H2,1H3. The summed E-state index contributed by atoms with van der Waals surface area (Å²) in [7, 11) is -3.77. The zero-order valence-electron chi connectivity index (χ0n) is 13.1. The number of halogens is 2. The Morgan fingerprint density at radius 1 is 1.16 bits per heavy atom. The number of rotatable bonds is 6. The van der Waals surface area contributed by atoms with Crippen LogP contribution in [0.25, 0.3) is 10.2 Å². The van der Waals surface area contributed by atoms with Gasteiger partial charge in [0.1, 0.15) is 0 Å². The number of sulfonamides is 1. The summed E-state index contributed by atoms with van der Waals surface area (Å²) in [4.78, 5) is 4.54. The molecule has 0 saturated heterocycles. The number of nitrogens with one attached hydrogen (secondary N) is 1. The fourth-order valence-corrected chi connectivity index (χ4v) is 5.27. The van der Waals surface area contributed by atoms with Crippen LogP contribution in [-0.2, 0) is 16.6 Å². The Kier molecular flexibility index (Phi) is 5.38. The van der Waals surface area contributed by atoms with Crippen LogP contribution in [0.15, 0.2) is 45.6 Å². The molecule has 1 N–H and O–H groups in total. The van der Waals surface area contributed by atoms with Gasteiger partial charge >= 0.3 is 0 Å². The predicted molar refractivity (Wildman–Crippen MR) is 96.4 cm³/mol. The molecule has 0 amide bonds. The summed E-state index contributed by atoms with van der Waals surface area (Å²) in [6, 6.07) is 7.99. The first kappa shape index (κ1) is 18.2. The third kappa shape index (κ3) is 4.17. The average Bonchev–Trinajstić information content (AvgIpc) is 2.98. The van der Waals surface area contributed by atoms with Gasteiger partial charge < -0.3 is 0 Å². The van der Waals surface area contributed by atoms with Crippen molar-refractivity contribution < 1.29 is 17.2 Å². The number of hydrogen-bond donors (Lipinski definition) is 1. The van der Waals surface area contributed by atoms with Crippen LogP contribution in [0.2, 0.25) is 0 Å². The topological polar surface area (TPSA) is 59.1 Å². The van der Waals surface area contributed by atoms with Crippen LogP contribution in [0.4, 0.5) is 8.78 Å². The highest BCUT2D eigenvalue weighted by molar-refractivity contribution is 8.01. The first-order valence-electron chi connectivity index (χ1n) is 7.36. The second-order valence-electron chi connectivity index (χ2n) is 5.12. The summed E-state index contributed by atoms with van der Waals surface area (Å²) < 4.78 is 55.1. The summed E-state index contributed by atoms with van der Waals surface area (Å²) in [6.45, 7) is 1.89. The summed E-state index contributed by atoms with van der Waals surface area (Å²) in [5, 5.41) is 0. The SMILES string of the molecule is CCSc1nc2ccc(S(=O)(=O)NCc3ccc(F)c(F)c3)cc2s1. The van der Waals surface area contributed by atoms with Crippen LogP contribution in [0.3, 0.4) is 0 Å². The minimum atomic E-state index is -3.77. The molecule has 4 nitrogen and oxygen atoms in total. The summed E-state index contributed by atoms with van der Waals surface area (Å²) in [5.41, 5.74) is 1.09. The Morgan fingerprint density at radius 2 is 1.96 bits per heavy atom. The maximum atomic E-state index is 13.2. The second kappa shape index (κ2) is 7.36. The van der Waals surface area contributed by atoms with Gasteiger partial charge in [-0.3, -0.25) is 0 Å². The zero-order chi connectivity index (χ0) is 18.0. The van der Waals surface area contributed by atoms with Crippen molar-refractivity contribution in [3.05, 3.63) is 53.6 Å². The number of fused-ring (bicyclic) bond motifs is 1. The van der Waals surface area contributed by atoms with Crippen LogP contribution < -0.4 is 4.72 Å². The molecule has 0 aliphatic heterocycles. The molecule has 0 aliphatic rings. The van der Waals surface area contributed by atoms with E-state index in [2.05, 4.69) is 9.71 Å². The van der Waals surface area contributed by atoms with E-state index in [1.165, 1.54) is 23.5 Å². The van der Waals surface area contributed by atoms with E-state index in [0.717, 1.165) is 32.4 Å². The minimum absolute atomic E-state index is 0.110. The highest BCUT2D eigenvalue weighted by Crippen LogP contribution is 2.30. The average molecular weight is 400 g/mol. The Balaban J connectivity index is 1.81. The lowest BCUT2D eigenvalue weighted by Crippen LogP contribution is -2.23. The van der Waals surface area contributed by atoms with Gasteiger partial charge in [-0.15, -0.1) is 11.3 Å². The molecular weight excluding hydrogens is 386 g/mol. The van der Waals surface area contributed by atoms with E-state index in [9.17, 15) is 17.2 Å². The van der Waals surface area contributed by atoms with Crippen molar-refractivity contribution in [1.29, 1.82) is 0 Å². The lowest BCUT2D eigenvalue weighted by molar-refractivity contribution is 0.506. The third-order valence-corrected chi connectivity index (χ3v) is 6.81. The van der Waals surface area contributed by atoms with Crippen molar-refractivity contribution in [3.63, 3.8) is 0 Å². The third-order valence-electron chi connectivity index (χ3n) is 3.37. The highest BCUT2D eigenvalue weighted by Gasteiger charge is 2.16. The van der Waals surface area contributed by atoms with Gasteiger partial charge in [0.2, 0.25) is 10.0 Å². The molecule has 3 aromatic rings. The van der Waals surface area contributed by atoms with E-state index in [1.807, 2.05) is 6.92 Å². The Hall–Kier alpha value is -1.55. The van der Waals surface area contributed by atoms with Crippen molar-refractivity contribution in [1.82, 2.24) is 9.71 Å². The van der Waals surface area contributed by atoms with E-state index >= 15 is 0 Å².